The first kappa shape index (κ1) is 25.6. The second kappa shape index (κ2) is 13.0. The maximum absolute atomic E-state index is 12.9. The Balaban J connectivity index is 1.42. The molecule has 10 nitrogen and oxygen atoms in total. The molecule has 3 aliphatic rings. The number of carbonyl (C=O) groups is 4. The van der Waals surface area contributed by atoms with Gasteiger partial charge in [-0.3, -0.25) is 20.2 Å². The number of imide groups is 1. The Hall–Kier alpha value is -2.01. The third kappa shape index (κ3) is 8.06. The van der Waals surface area contributed by atoms with Gasteiger partial charge in [-0.1, -0.05) is 19.3 Å². The molecule has 2 saturated heterocycles. The lowest BCUT2D eigenvalue weighted by atomic mass is 9.90. The highest BCUT2D eigenvalue weighted by Gasteiger charge is 2.37. The average molecular weight is 485 g/mol. The van der Waals surface area contributed by atoms with Crippen molar-refractivity contribution in [3.05, 3.63) is 0 Å². The van der Waals surface area contributed by atoms with Crippen LogP contribution in [-0.2, 0) is 19.1 Å². The van der Waals surface area contributed by atoms with Gasteiger partial charge < -0.3 is 20.1 Å². The summed E-state index contributed by atoms with van der Waals surface area (Å²) in [7, 11) is 0. The van der Waals surface area contributed by atoms with Crippen molar-refractivity contribution in [2.24, 2.45) is 17.8 Å². The summed E-state index contributed by atoms with van der Waals surface area (Å²) < 4.78 is 10.2. The molecule has 0 aromatic heterocycles. The first-order chi connectivity index (χ1) is 16.0. The van der Waals surface area contributed by atoms with Crippen molar-refractivity contribution in [3.8, 4) is 0 Å². The van der Waals surface area contributed by atoms with Crippen molar-refractivity contribution in [2.75, 3.05) is 25.5 Å². The van der Waals surface area contributed by atoms with Gasteiger partial charge in [-0.05, 0) is 57.2 Å². The summed E-state index contributed by atoms with van der Waals surface area (Å²) in [6.45, 7) is 2.88. The van der Waals surface area contributed by atoms with Crippen LogP contribution in [0.5, 0.6) is 0 Å². The summed E-state index contributed by atoms with van der Waals surface area (Å²) in [6.07, 6.45) is 5.95. The molecule has 2 aliphatic heterocycles. The second-order valence-corrected chi connectivity index (χ2v) is 10.1. The summed E-state index contributed by atoms with van der Waals surface area (Å²) in [4.78, 5) is 49.0. The van der Waals surface area contributed by atoms with Crippen LogP contribution in [0.15, 0.2) is 0 Å². The summed E-state index contributed by atoms with van der Waals surface area (Å²) >= 11 is 1.49. The first-order valence-electron chi connectivity index (χ1n) is 12.0. The number of hydrogen-bond acceptors (Lipinski definition) is 8. The fraction of sp³-hybridized carbons (Fsp3) is 0.818. The van der Waals surface area contributed by atoms with Gasteiger partial charge in [0.25, 0.3) is 0 Å². The molecule has 11 heteroatoms. The number of alkyl carbamates (subject to hydrolysis) is 2. The minimum Gasteiger partial charge on any atom is -0.450 e. The van der Waals surface area contributed by atoms with E-state index in [2.05, 4.69) is 21.3 Å². The Morgan fingerprint density at radius 3 is 2.48 bits per heavy atom. The minimum atomic E-state index is -0.771. The predicted molar refractivity (Wildman–Crippen MR) is 123 cm³/mol. The zero-order chi connectivity index (χ0) is 23.6. The van der Waals surface area contributed by atoms with Gasteiger partial charge in [-0.2, -0.15) is 0 Å². The maximum Gasteiger partial charge on any atom is 0.413 e. The van der Waals surface area contributed by atoms with E-state index in [1.807, 2.05) is 0 Å². The lowest BCUT2D eigenvalue weighted by Crippen LogP contribution is -2.53. The molecule has 186 valence electrons. The van der Waals surface area contributed by atoms with Gasteiger partial charge in [0.15, 0.2) is 0 Å². The zero-order valence-electron chi connectivity index (χ0n) is 19.2. The van der Waals surface area contributed by atoms with Crippen LogP contribution in [0.25, 0.3) is 0 Å². The fourth-order valence-electron chi connectivity index (χ4n) is 4.62. The number of hydrogen-bond donors (Lipinski definition) is 4. The Labute approximate surface area is 199 Å². The van der Waals surface area contributed by atoms with E-state index < -0.39 is 29.4 Å². The summed E-state index contributed by atoms with van der Waals surface area (Å²) in [5.41, 5.74) is 0. The Morgan fingerprint density at radius 1 is 0.939 bits per heavy atom. The number of thioether (sulfide) groups is 1. The maximum atomic E-state index is 12.9. The van der Waals surface area contributed by atoms with Crippen molar-refractivity contribution in [1.82, 2.24) is 21.3 Å². The van der Waals surface area contributed by atoms with E-state index in [1.54, 1.807) is 6.92 Å². The highest BCUT2D eigenvalue weighted by atomic mass is 32.2. The molecule has 4 unspecified atom stereocenters. The molecule has 3 rings (SSSR count). The van der Waals surface area contributed by atoms with Crippen LogP contribution in [0, 0.1) is 17.8 Å². The molecule has 3 fully saturated rings. The highest BCUT2D eigenvalue weighted by molar-refractivity contribution is 8.00. The number of carbonyl (C=O) groups excluding carboxylic acids is 4. The molecule has 4 N–H and O–H groups in total. The predicted octanol–water partition coefficient (Wildman–Crippen LogP) is 2.09. The Bertz CT molecular complexity index is 702. The zero-order valence-corrected chi connectivity index (χ0v) is 20.0. The summed E-state index contributed by atoms with van der Waals surface area (Å²) in [6, 6.07) is 0. The third-order valence-corrected chi connectivity index (χ3v) is 7.73. The van der Waals surface area contributed by atoms with Crippen molar-refractivity contribution < 1.29 is 28.7 Å². The Morgan fingerprint density at radius 2 is 1.73 bits per heavy atom. The van der Waals surface area contributed by atoms with E-state index in [-0.39, 0.29) is 24.6 Å². The normalized spacial score (nSPS) is 27.9. The molecule has 33 heavy (non-hydrogen) atoms. The number of amides is 4. The molecule has 0 aromatic carbocycles. The molecular weight excluding hydrogens is 448 g/mol. The van der Waals surface area contributed by atoms with E-state index >= 15 is 0 Å². The number of ether oxygens (including phenoxy) is 2. The van der Waals surface area contributed by atoms with Crippen LogP contribution < -0.4 is 21.3 Å². The highest BCUT2D eigenvalue weighted by Crippen LogP contribution is 2.31. The van der Waals surface area contributed by atoms with Gasteiger partial charge >= 0.3 is 12.2 Å². The first-order valence-corrected chi connectivity index (χ1v) is 13.1. The van der Waals surface area contributed by atoms with Gasteiger partial charge in [-0.25, -0.2) is 9.59 Å². The van der Waals surface area contributed by atoms with E-state index in [1.165, 1.54) is 31.0 Å². The molecule has 4 amide bonds. The molecule has 0 aromatic rings. The van der Waals surface area contributed by atoms with Crippen LogP contribution in [0.2, 0.25) is 0 Å². The number of nitrogens with one attached hydrogen (secondary N) is 4. The minimum absolute atomic E-state index is 0.146. The van der Waals surface area contributed by atoms with E-state index in [0.717, 1.165) is 18.6 Å². The molecule has 1 aliphatic carbocycles. The largest absolute Gasteiger partial charge is 0.450 e. The monoisotopic (exact) mass is 484 g/mol. The molecule has 2 heterocycles. The third-order valence-electron chi connectivity index (χ3n) is 6.46. The van der Waals surface area contributed by atoms with Crippen LogP contribution in [0.4, 0.5) is 9.59 Å². The van der Waals surface area contributed by atoms with Crippen molar-refractivity contribution in [2.45, 2.75) is 69.8 Å². The molecular formula is C22H36N4O6S. The van der Waals surface area contributed by atoms with E-state index in [9.17, 15) is 19.2 Å². The molecule has 0 radical (unpaired) electrons. The lowest BCUT2D eigenvalue weighted by Gasteiger charge is -2.31. The van der Waals surface area contributed by atoms with Gasteiger partial charge in [0.05, 0.1) is 30.7 Å². The van der Waals surface area contributed by atoms with E-state index in [4.69, 9.17) is 9.47 Å². The molecule has 0 bridgehead atoms. The van der Waals surface area contributed by atoms with Crippen LogP contribution in [0.3, 0.4) is 0 Å². The molecule has 0 spiro atoms. The SMILES string of the molecule is CCOC(=O)NC(=O)C1CCSC1NC(=O)C1CCNC(NC(=O)OCC2CCCCC2)C1. The number of piperidine rings is 1. The Kier molecular flexibility index (Phi) is 10.1. The quantitative estimate of drug-likeness (QED) is 0.431. The molecule has 4 atom stereocenters. The standard InChI is InChI=1S/C22H36N4O6S/c1-2-31-22(30)26-19(28)16-9-11-33-20(16)25-18(27)15-8-10-23-17(12-15)24-21(29)32-13-14-6-4-3-5-7-14/h14-17,20,23H,2-13H2,1H3,(H,24,29)(H,25,27)(H,26,28,30). The van der Waals surface area contributed by atoms with E-state index in [0.29, 0.717) is 38.3 Å². The van der Waals surface area contributed by atoms with Crippen LogP contribution >= 0.6 is 11.8 Å². The fourth-order valence-corrected chi connectivity index (χ4v) is 5.95. The summed E-state index contributed by atoms with van der Waals surface area (Å²) in [5.74, 6) is -0.199. The van der Waals surface area contributed by atoms with Crippen molar-refractivity contribution in [1.29, 1.82) is 0 Å². The van der Waals surface area contributed by atoms with Gasteiger partial charge in [0, 0.05) is 5.92 Å². The average Bonchev–Trinajstić information content (AvgIpc) is 3.27. The summed E-state index contributed by atoms with van der Waals surface area (Å²) in [5, 5.41) is 10.8. The van der Waals surface area contributed by atoms with Gasteiger partial charge in [-0.15, -0.1) is 11.8 Å². The number of rotatable bonds is 7. The smallest absolute Gasteiger partial charge is 0.413 e. The van der Waals surface area contributed by atoms with Crippen LogP contribution in [0.1, 0.15) is 58.3 Å². The van der Waals surface area contributed by atoms with Crippen LogP contribution in [-0.4, -0.2) is 61.1 Å². The molecule has 1 saturated carbocycles. The van der Waals surface area contributed by atoms with Gasteiger partial charge in [0.1, 0.15) is 0 Å². The van der Waals surface area contributed by atoms with Crippen molar-refractivity contribution >= 4 is 35.8 Å². The lowest BCUT2D eigenvalue weighted by molar-refractivity contribution is -0.128. The second-order valence-electron chi connectivity index (χ2n) is 8.88. The van der Waals surface area contributed by atoms with Gasteiger partial charge in [0.2, 0.25) is 11.8 Å². The van der Waals surface area contributed by atoms with Crippen molar-refractivity contribution in [3.63, 3.8) is 0 Å². The topological polar surface area (TPSA) is 135 Å².